The summed E-state index contributed by atoms with van der Waals surface area (Å²) >= 11 is 0. The first-order valence-electron chi connectivity index (χ1n) is 9.16. The highest BCUT2D eigenvalue weighted by Gasteiger charge is 2.29. The van der Waals surface area contributed by atoms with Gasteiger partial charge in [-0.05, 0) is 31.4 Å². The van der Waals surface area contributed by atoms with E-state index in [-0.39, 0.29) is 5.91 Å². The number of aromatic nitrogens is 3. The van der Waals surface area contributed by atoms with E-state index in [9.17, 15) is 4.79 Å². The van der Waals surface area contributed by atoms with E-state index in [0.717, 1.165) is 61.7 Å². The smallest absolute Gasteiger partial charge is 0.276 e. The summed E-state index contributed by atoms with van der Waals surface area (Å²) < 4.78 is 5.39. The van der Waals surface area contributed by atoms with Crippen molar-refractivity contribution in [2.24, 2.45) is 0 Å². The summed E-state index contributed by atoms with van der Waals surface area (Å²) in [7, 11) is 3.88. The Bertz CT molecular complexity index is 777. The van der Waals surface area contributed by atoms with Crippen LogP contribution in [0.5, 0.6) is 0 Å². The van der Waals surface area contributed by atoms with E-state index in [2.05, 4.69) is 20.3 Å². The summed E-state index contributed by atoms with van der Waals surface area (Å²) in [4.78, 5) is 18.8. The predicted molar refractivity (Wildman–Crippen MR) is 97.6 cm³/mol. The molecule has 1 aliphatic heterocycles. The molecule has 3 heterocycles. The van der Waals surface area contributed by atoms with Crippen LogP contribution in [0, 0.1) is 0 Å². The van der Waals surface area contributed by atoms with E-state index in [4.69, 9.17) is 4.52 Å². The number of fused-ring (bicyclic) bond motifs is 1. The SMILES string of the molecule is CN(C)c1ccc(N2CCN(C(=O)c3noc4c3CCCC4)CC2)nn1. The molecule has 0 unspecified atom stereocenters. The highest BCUT2D eigenvalue weighted by molar-refractivity contribution is 5.94. The zero-order valence-corrected chi connectivity index (χ0v) is 15.3. The zero-order valence-electron chi connectivity index (χ0n) is 15.3. The van der Waals surface area contributed by atoms with Gasteiger partial charge in [0.05, 0.1) is 0 Å². The van der Waals surface area contributed by atoms with Crippen molar-refractivity contribution in [3.8, 4) is 0 Å². The lowest BCUT2D eigenvalue weighted by Crippen LogP contribution is -2.49. The Labute approximate surface area is 152 Å². The number of anilines is 2. The van der Waals surface area contributed by atoms with Crippen LogP contribution in [0.4, 0.5) is 11.6 Å². The molecule has 2 aromatic rings. The standard InChI is InChI=1S/C18H24N6O2/c1-22(2)15-7-8-16(20-19-15)23-9-11-24(12-10-23)18(25)17-13-5-3-4-6-14(13)26-21-17/h7-8H,3-6,9-12H2,1-2H3. The van der Waals surface area contributed by atoms with E-state index in [1.54, 1.807) is 0 Å². The van der Waals surface area contributed by atoms with Crippen LogP contribution in [-0.4, -0.2) is 66.4 Å². The first kappa shape index (κ1) is 16.8. The van der Waals surface area contributed by atoms with Gasteiger partial charge in [0.25, 0.3) is 5.91 Å². The van der Waals surface area contributed by atoms with E-state index >= 15 is 0 Å². The second-order valence-electron chi connectivity index (χ2n) is 7.06. The molecule has 8 nitrogen and oxygen atoms in total. The second-order valence-corrected chi connectivity index (χ2v) is 7.06. The molecule has 1 amide bonds. The monoisotopic (exact) mass is 356 g/mol. The summed E-state index contributed by atoms with van der Waals surface area (Å²) in [5.41, 5.74) is 1.54. The minimum Gasteiger partial charge on any atom is -0.361 e. The van der Waals surface area contributed by atoms with Gasteiger partial charge in [0.2, 0.25) is 0 Å². The van der Waals surface area contributed by atoms with Crippen molar-refractivity contribution in [3.63, 3.8) is 0 Å². The van der Waals surface area contributed by atoms with Crippen molar-refractivity contribution >= 4 is 17.5 Å². The van der Waals surface area contributed by atoms with Gasteiger partial charge in [-0.2, -0.15) is 0 Å². The highest BCUT2D eigenvalue weighted by atomic mass is 16.5. The van der Waals surface area contributed by atoms with Gasteiger partial charge < -0.3 is 19.2 Å². The average Bonchev–Trinajstić information content (AvgIpc) is 3.12. The molecule has 0 bridgehead atoms. The maximum atomic E-state index is 12.8. The van der Waals surface area contributed by atoms with Crippen LogP contribution in [-0.2, 0) is 12.8 Å². The molecule has 2 aromatic heterocycles. The van der Waals surface area contributed by atoms with Gasteiger partial charge in [0, 0.05) is 52.3 Å². The number of nitrogens with zero attached hydrogens (tertiary/aromatic N) is 6. The Hall–Kier alpha value is -2.64. The minimum atomic E-state index is -0.00871. The van der Waals surface area contributed by atoms with Gasteiger partial charge in [-0.15, -0.1) is 10.2 Å². The molecule has 0 atom stereocenters. The number of carbonyl (C=O) groups is 1. The molecule has 0 N–H and O–H groups in total. The Balaban J connectivity index is 1.40. The van der Waals surface area contributed by atoms with Gasteiger partial charge in [0.1, 0.15) is 5.76 Å². The van der Waals surface area contributed by atoms with Gasteiger partial charge in [-0.1, -0.05) is 5.16 Å². The van der Waals surface area contributed by atoms with E-state index in [0.29, 0.717) is 18.8 Å². The number of rotatable bonds is 3. The molecule has 1 aliphatic carbocycles. The molecule has 0 spiro atoms. The van der Waals surface area contributed by atoms with Crippen molar-refractivity contribution in [1.29, 1.82) is 0 Å². The van der Waals surface area contributed by atoms with Crippen LogP contribution >= 0.6 is 0 Å². The molecule has 26 heavy (non-hydrogen) atoms. The first-order chi connectivity index (χ1) is 12.6. The molecule has 0 radical (unpaired) electrons. The van der Waals surface area contributed by atoms with Crippen molar-refractivity contribution in [3.05, 3.63) is 29.2 Å². The van der Waals surface area contributed by atoms with E-state index in [1.165, 1.54) is 0 Å². The zero-order chi connectivity index (χ0) is 18.1. The van der Waals surface area contributed by atoms with Crippen LogP contribution in [0.3, 0.4) is 0 Å². The molecule has 138 valence electrons. The van der Waals surface area contributed by atoms with Gasteiger partial charge in [-0.25, -0.2) is 0 Å². The topological polar surface area (TPSA) is 78.6 Å². The third-order valence-electron chi connectivity index (χ3n) is 5.14. The summed E-state index contributed by atoms with van der Waals surface area (Å²) in [6, 6.07) is 3.94. The normalized spacial score (nSPS) is 17.2. The van der Waals surface area contributed by atoms with Crippen LogP contribution in [0.15, 0.2) is 16.7 Å². The third kappa shape index (κ3) is 3.11. The number of aryl methyl sites for hydroxylation is 1. The molecule has 2 aliphatic rings. The average molecular weight is 356 g/mol. The Kier molecular flexibility index (Phi) is 4.48. The van der Waals surface area contributed by atoms with E-state index in [1.807, 2.05) is 36.0 Å². The largest absolute Gasteiger partial charge is 0.361 e. The number of hydrogen-bond acceptors (Lipinski definition) is 7. The van der Waals surface area contributed by atoms with Crippen LogP contribution in [0.25, 0.3) is 0 Å². The van der Waals surface area contributed by atoms with E-state index < -0.39 is 0 Å². The fraction of sp³-hybridized carbons (Fsp3) is 0.556. The summed E-state index contributed by atoms with van der Waals surface area (Å²) in [5, 5.41) is 12.6. The summed E-state index contributed by atoms with van der Waals surface area (Å²) in [6.45, 7) is 2.78. The van der Waals surface area contributed by atoms with Crippen LogP contribution in [0.1, 0.15) is 34.7 Å². The molecule has 0 saturated carbocycles. The summed E-state index contributed by atoms with van der Waals surface area (Å²) in [5.74, 6) is 2.57. The highest BCUT2D eigenvalue weighted by Crippen LogP contribution is 2.25. The number of carbonyl (C=O) groups excluding carboxylic acids is 1. The number of hydrogen-bond donors (Lipinski definition) is 0. The maximum Gasteiger partial charge on any atom is 0.276 e. The molecular weight excluding hydrogens is 332 g/mol. The molecule has 4 rings (SSSR count). The van der Waals surface area contributed by atoms with Crippen molar-refractivity contribution in [2.75, 3.05) is 50.1 Å². The quantitative estimate of drug-likeness (QED) is 0.822. The first-order valence-corrected chi connectivity index (χ1v) is 9.16. The maximum absolute atomic E-state index is 12.8. The van der Waals surface area contributed by atoms with Gasteiger partial charge in [-0.3, -0.25) is 4.79 Å². The predicted octanol–water partition coefficient (Wildman–Crippen LogP) is 1.37. The molecule has 0 aromatic carbocycles. The van der Waals surface area contributed by atoms with Crippen LogP contribution < -0.4 is 9.80 Å². The van der Waals surface area contributed by atoms with Crippen LogP contribution in [0.2, 0.25) is 0 Å². The molecular formula is C18H24N6O2. The molecule has 1 saturated heterocycles. The lowest BCUT2D eigenvalue weighted by atomic mass is 9.96. The molecule has 1 fully saturated rings. The molecule has 8 heteroatoms. The van der Waals surface area contributed by atoms with Gasteiger partial charge >= 0.3 is 0 Å². The minimum absolute atomic E-state index is 0.00871. The second kappa shape index (κ2) is 6.93. The lowest BCUT2D eigenvalue weighted by molar-refractivity contribution is 0.0735. The van der Waals surface area contributed by atoms with Crippen molar-refractivity contribution in [1.82, 2.24) is 20.3 Å². The number of piperazine rings is 1. The van der Waals surface area contributed by atoms with Crippen molar-refractivity contribution in [2.45, 2.75) is 25.7 Å². The lowest BCUT2D eigenvalue weighted by Gasteiger charge is -2.35. The fourth-order valence-electron chi connectivity index (χ4n) is 3.57. The number of amides is 1. The Morgan fingerprint density at radius 1 is 1.08 bits per heavy atom. The Morgan fingerprint density at radius 2 is 1.85 bits per heavy atom. The summed E-state index contributed by atoms with van der Waals surface area (Å²) in [6.07, 6.45) is 4.00. The van der Waals surface area contributed by atoms with Crippen molar-refractivity contribution < 1.29 is 9.32 Å². The Morgan fingerprint density at radius 3 is 2.54 bits per heavy atom. The van der Waals surface area contributed by atoms with Gasteiger partial charge in [0.15, 0.2) is 17.3 Å². The third-order valence-corrected chi connectivity index (χ3v) is 5.14. The fourth-order valence-corrected chi connectivity index (χ4v) is 3.57.